The Labute approximate surface area is 160 Å². The van der Waals surface area contributed by atoms with Crippen LogP contribution in [0.3, 0.4) is 0 Å². The summed E-state index contributed by atoms with van der Waals surface area (Å²) in [6.07, 6.45) is 2.77. The molecule has 0 bridgehead atoms. The zero-order valence-corrected chi connectivity index (χ0v) is 15.9. The first kappa shape index (κ1) is 19.2. The number of alkyl carbamates (subject to hydrolysis) is 1. The zero-order valence-electron chi connectivity index (χ0n) is 15.9. The van der Waals surface area contributed by atoms with Crippen LogP contribution in [0.4, 0.5) is 4.79 Å². The quantitative estimate of drug-likeness (QED) is 0.653. The van der Waals surface area contributed by atoms with Crippen LogP contribution in [0.2, 0.25) is 0 Å². The first-order valence-electron chi connectivity index (χ1n) is 8.82. The largest absolute Gasteiger partial charge is 0.463 e. The lowest BCUT2D eigenvalue weighted by Gasteiger charge is -2.19. The Morgan fingerprint density at radius 3 is 2.89 bits per heavy atom. The second-order valence-electron chi connectivity index (χ2n) is 7.18. The molecule has 0 aliphatic carbocycles. The summed E-state index contributed by atoms with van der Waals surface area (Å²) in [6, 6.07) is 5.55. The molecule has 0 aliphatic rings. The average molecular weight is 383 g/mol. The molecule has 146 valence electrons. The number of aromatic amines is 1. The number of rotatable bonds is 5. The highest BCUT2D eigenvalue weighted by Gasteiger charge is 2.23. The van der Waals surface area contributed by atoms with Gasteiger partial charge >= 0.3 is 6.09 Å². The number of aromatic nitrogens is 3. The molecule has 0 radical (unpaired) electrons. The number of nitrogens with zero attached hydrogens (tertiary/aromatic N) is 3. The first-order valence-corrected chi connectivity index (χ1v) is 8.82. The van der Waals surface area contributed by atoms with Crippen LogP contribution in [0.5, 0.6) is 0 Å². The molecule has 0 saturated heterocycles. The molecule has 3 aromatic rings. The van der Waals surface area contributed by atoms with Gasteiger partial charge in [0.1, 0.15) is 34.0 Å². The van der Waals surface area contributed by atoms with Crippen LogP contribution in [0.15, 0.2) is 33.9 Å². The van der Waals surface area contributed by atoms with Gasteiger partial charge in [-0.15, -0.1) is 0 Å². The Balaban J connectivity index is 1.88. The normalized spacial score (nSPS) is 11.4. The molecular formula is C19H21N5O4. The minimum Gasteiger partial charge on any atom is -0.463 e. The molecule has 2 N–H and O–H groups in total. The third kappa shape index (κ3) is 3.91. The summed E-state index contributed by atoms with van der Waals surface area (Å²) in [6.45, 7) is 6.08. The predicted molar refractivity (Wildman–Crippen MR) is 102 cm³/mol. The topological polar surface area (TPSA) is 126 Å². The van der Waals surface area contributed by atoms with Gasteiger partial charge in [-0.3, -0.25) is 4.79 Å². The van der Waals surface area contributed by atoms with Crippen molar-refractivity contribution < 1.29 is 13.9 Å². The minimum absolute atomic E-state index is 0.274. The number of ether oxygens (including phenoxy) is 1. The maximum absolute atomic E-state index is 12.4. The number of nitrogens with one attached hydrogen (secondary N) is 2. The summed E-state index contributed by atoms with van der Waals surface area (Å²) >= 11 is 0. The SMILES string of the molecule is CC(C)(C)OC(=O)NCCCn1c(-c2ccco2)c(C#N)c2nc[nH]c(=O)c21. The second-order valence-corrected chi connectivity index (χ2v) is 7.18. The van der Waals surface area contributed by atoms with Gasteiger partial charge in [0.05, 0.1) is 12.6 Å². The molecule has 0 spiro atoms. The van der Waals surface area contributed by atoms with Gasteiger partial charge in [-0.2, -0.15) is 5.26 Å². The number of hydrogen-bond donors (Lipinski definition) is 2. The van der Waals surface area contributed by atoms with E-state index in [4.69, 9.17) is 9.15 Å². The number of carbonyl (C=O) groups is 1. The van der Waals surface area contributed by atoms with E-state index in [9.17, 15) is 14.9 Å². The van der Waals surface area contributed by atoms with E-state index in [1.807, 2.05) is 0 Å². The highest BCUT2D eigenvalue weighted by molar-refractivity contribution is 5.90. The van der Waals surface area contributed by atoms with E-state index in [2.05, 4.69) is 21.4 Å². The van der Waals surface area contributed by atoms with Gasteiger partial charge in [0.25, 0.3) is 5.56 Å². The lowest BCUT2D eigenvalue weighted by molar-refractivity contribution is 0.0527. The lowest BCUT2D eigenvalue weighted by atomic mass is 10.2. The van der Waals surface area contributed by atoms with E-state index in [1.165, 1.54) is 12.6 Å². The third-order valence-electron chi connectivity index (χ3n) is 3.94. The van der Waals surface area contributed by atoms with E-state index in [1.54, 1.807) is 37.5 Å². The molecule has 0 fully saturated rings. The average Bonchev–Trinajstić information content (AvgIpc) is 3.23. The predicted octanol–water partition coefficient (Wildman–Crippen LogP) is 2.77. The molecule has 3 rings (SSSR count). The molecular weight excluding hydrogens is 362 g/mol. The molecule has 9 heteroatoms. The smallest absolute Gasteiger partial charge is 0.407 e. The number of aryl methyl sites for hydroxylation is 1. The Morgan fingerprint density at radius 2 is 2.25 bits per heavy atom. The number of fused-ring (bicyclic) bond motifs is 1. The van der Waals surface area contributed by atoms with Crippen LogP contribution in [-0.2, 0) is 11.3 Å². The number of H-pyrrole nitrogens is 1. The van der Waals surface area contributed by atoms with Gasteiger partial charge in [-0.05, 0) is 39.3 Å². The molecule has 0 unspecified atom stereocenters. The summed E-state index contributed by atoms with van der Waals surface area (Å²) in [5.41, 5.74) is 0.452. The summed E-state index contributed by atoms with van der Waals surface area (Å²) in [5.74, 6) is 0.467. The number of furan rings is 1. The first-order chi connectivity index (χ1) is 13.3. The Bertz CT molecular complexity index is 1080. The van der Waals surface area contributed by atoms with Crippen LogP contribution in [0.25, 0.3) is 22.5 Å². The molecule has 1 amide bonds. The second kappa shape index (κ2) is 7.60. The Morgan fingerprint density at radius 1 is 1.46 bits per heavy atom. The standard InChI is InChI=1S/C19H21N5O4/c1-19(2,3)28-18(26)21-7-5-8-24-15(13-6-4-9-27-13)12(10-20)14-16(24)17(25)23-11-22-14/h4,6,9,11H,5,7-8H2,1-3H3,(H,21,26)(H,22,23,25). The van der Waals surface area contributed by atoms with Crippen molar-refractivity contribution in [2.45, 2.75) is 39.3 Å². The molecule has 28 heavy (non-hydrogen) atoms. The maximum atomic E-state index is 12.4. The minimum atomic E-state index is -0.576. The monoisotopic (exact) mass is 383 g/mol. The fraction of sp³-hybridized carbons (Fsp3) is 0.368. The van der Waals surface area contributed by atoms with Crippen LogP contribution >= 0.6 is 0 Å². The van der Waals surface area contributed by atoms with Crippen molar-refractivity contribution >= 4 is 17.1 Å². The van der Waals surface area contributed by atoms with Crippen LogP contribution in [0, 0.1) is 11.3 Å². The van der Waals surface area contributed by atoms with E-state index in [0.29, 0.717) is 42.0 Å². The number of carbonyl (C=O) groups excluding carboxylic acids is 1. The highest BCUT2D eigenvalue weighted by atomic mass is 16.6. The van der Waals surface area contributed by atoms with Crippen LogP contribution in [-0.4, -0.2) is 32.8 Å². The van der Waals surface area contributed by atoms with Gasteiger partial charge in [0, 0.05) is 13.1 Å². The van der Waals surface area contributed by atoms with Crippen molar-refractivity contribution in [1.82, 2.24) is 19.9 Å². The van der Waals surface area contributed by atoms with Gasteiger partial charge in [-0.25, -0.2) is 9.78 Å². The Kier molecular flexibility index (Phi) is 5.22. The summed E-state index contributed by atoms with van der Waals surface area (Å²) in [5, 5.41) is 12.3. The van der Waals surface area contributed by atoms with Crippen molar-refractivity contribution in [2.24, 2.45) is 0 Å². The van der Waals surface area contributed by atoms with E-state index < -0.39 is 11.7 Å². The fourth-order valence-corrected chi connectivity index (χ4v) is 2.93. The van der Waals surface area contributed by atoms with Gasteiger partial charge in [0.2, 0.25) is 0 Å². The van der Waals surface area contributed by atoms with Crippen molar-refractivity contribution in [3.63, 3.8) is 0 Å². The van der Waals surface area contributed by atoms with Gasteiger partial charge < -0.3 is 24.0 Å². The van der Waals surface area contributed by atoms with Crippen molar-refractivity contribution in [3.05, 3.63) is 40.6 Å². The molecule has 0 aliphatic heterocycles. The molecule has 0 saturated carbocycles. The number of nitriles is 1. The van der Waals surface area contributed by atoms with E-state index in [-0.39, 0.29) is 11.1 Å². The molecule has 3 heterocycles. The summed E-state index contributed by atoms with van der Waals surface area (Å²) in [7, 11) is 0. The van der Waals surface area contributed by atoms with Crippen LogP contribution < -0.4 is 10.9 Å². The van der Waals surface area contributed by atoms with Gasteiger partial charge in [-0.1, -0.05) is 0 Å². The van der Waals surface area contributed by atoms with Gasteiger partial charge in [0.15, 0.2) is 5.76 Å². The summed E-state index contributed by atoms with van der Waals surface area (Å²) in [4.78, 5) is 30.9. The number of amides is 1. The van der Waals surface area contributed by atoms with E-state index in [0.717, 1.165) is 0 Å². The highest BCUT2D eigenvalue weighted by Crippen LogP contribution is 2.31. The van der Waals surface area contributed by atoms with Crippen molar-refractivity contribution in [1.29, 1.82) is 5.26 Å². The van der Waals surface area contributed by atoms with Crippen molar-refractivity contribution in [2.75, 3.05) is 6.54 Å². The molecule has 3 aromatic heterocycles. The molecule has 9 nitrogen and oxygen atoms in total. The molecule has 0 atom stereocenters. The number of hydrogen-bond acceptors (Lipinski definition) is 6. The van der Waals surface area contributed by atoms with Crippen LogP contribution in [0.1, 0.15) is 32.8 Å². The molecule has 0 aromatic carbocycles. The van der Waals surface area contributed by atoms with Crippen molar-refractivity contribution in [3.8, 4) is 17.5 Å². The maximum Gasteiger partial charge on any atom is 0.407 e. The lowest BCUT2D eigenvalue weighted by Crippen LogP contribution is -2.33. The third-order valence-corrected chi connectivity index (χ3v) is 3.94. The summed E-state index contributed by atoms with van der Waals surface area (Å²) < 4.78 is 12.4. The zero-order chi connectivity index (χ0) is 20.3. The Hall–Kier alpha value is -3.54. The van der Waals surface area contributed by atoms with E-state index >= 15 is 0 Å². The fourth-order valence-electron chi connectivity index (χ4n) is 2.93.